The number of amides is 2. The predicted octanol–water partition coefficient (Wildman–Crippen LogP) is 2.45. The lowest BCUT2D eigenvalue weighted by atomic mass is 10.0. The van der Waals surface area contributed by atoms with Gasteiger partial charge in [-0.15, -0.1) is 0 Å². The maximum Gasteiger partial charge on any atom is 0.255 e. The molecule has 1 saturated heterocycles. The van der Waals surface area contributed by atoms with Gasteiger partial charge in [0.1, 0.15) is 0 Å². The lowest BCUT2D eigenvalue weighted by Gasteiger charge is -2.36. The molecular formula is C16H21Cl2N3O2. The van der Waals surface area contributed by atoms with Crippen LogP contribution in [0, 0.1) is 0 Å². The first kappa shape index (κ1) is 18.0. The number of carbonyl (C=O) groups excluding carboxylic acids is 2. The lowest BCUT2D eigenvalue weighted by Crippen LogP contribution is -2.49. The third-order valence-corrected chi connectivity index (χ3v) is 4.80. The minimum Gasteiger partial charge on any atom is -0.354 e. The minimum atomic E-state index is -0.143. The van der Waals surface area contributed by atoms with Crippen LogP contribution in [0.2, 0.25) is 10.0 Å². The Hall–Kier alpha value is -1.30. The van der Waals surface area contributed by atoms with Gasteiger partial charge in [0.15, 0.2) is 0 Å². The quantitative estimate of drug-likeness (QED) is 0.849. The van der Waals surface area contributed by atoms with Crippen molar-refractivity contribution in [1.29, 1.82) is 0 Å². The number of likely N-dealkylation sites (tertiary alicyclic amines) is 1. The maximum atomic E-state index is 12.8. The number of nitrogens with zero attached hydrogens (tertiary/aromatic N) is 1. The number of carbonyl (C=O) groups is 2. The first-order valence-corrected chi connectivity index (χ1v) is 8.52. The van der Waals surface area contributed by atoms with Gasteiger partial charge >= 0.3 is 0 Å². The molecule has 126 valence electrons. The zero-order valence-electron chi connectivity index (χ0n) is 12.9. The van der Waals surface area contributed by atoms with Gasteiger partial charge in [-0.3, -0.25) is 9.59 Å². The van der Waals surface area contributed by atoms with Gasteiger partial charge in [-0.2, -0.15) is 0 Å². The Bertz CT molecular complexity index is 580. The molecule has 23 heavy (non-hydrogen) atoms. The minimum absolute atomic E-state index is 0.0342. The van der Waals surface area contributed by atoms with Gasteiger partial charge in [-0.25, -0.2) is 0 Å². The summed E-state index contributed by atoms with van der Waals surface area (Å²) in [6.45, 7) is 1.40. The highest BCUT2D eigenvalue weighted by molar-refractivity contribution is 6.43. The zero-order chi connectivity index (χ0) is 16.8. The molecule has 0 saturated carbocycles. The van der Waals surface area contributed by atoms with Crippen LogP contribution in [-0.2, 0) is 4.79 Å². The standard InChI is InChI=1S/C16H21Cl2N3O2/c17-13-6-3-5-12(15(13)18)16(23)21-9-2-1-4-11(21)10-20-14(22)7-8-19/h3,5-6,11H,1-2,4,7-10,19H2,(H,20,22). The summed E-state index contributed by atoms with van der Waals surface area (Å²) in [5.74, 6) is -0.235. The highest BCUT2D eigenvalue weighted by atomic mass is 35.5. The molecule has 7 heteroatoms. The third kappa shape index (κ3) is 4.59. The fourth-order valence-electron chi connectivity index (χ4n) is 2.75. The number of halogens is 2. The zero-order valence-corrected chi connectivity index (χ0v) is 14.4. The van der Waals surface area contributed by atoms with Gasteiger partial charge in [0.25, 0.3) is 5.91 Å². The van der Waals surface area contributed by atoms with Crippen molar-refractivity contribution in [2.75, 3.05) is 19.6 Å². The summed E-state index contributed by atoms with van der Waals surface area (Å²) in [4.78, 5) is 26.2. The summed E-state index contributed by atoms with van der Waals surface area (Å²) < 4.78 is 0. The highest BCUT2D eigenvalue weighted by Gasteiger charge is 2.29. The summed E-state index contributed by atoms with van der Waals surface area (Å²) in [7, 11) is 0. The molecule has 1 atom stereocenters. The van der Waals surface area contributed by atoms with Crippen LogP contribution in [0.3, 0.4) is 0 Å². The number of hydrogen-bond acceptors (Lipinski definition) is 3. The topological polar surface area (TPSA) is 75.4 Å². The summed E-state index contributed by atoms with van der Waals surface area (Å²) in [5, 5.41) is 3.48. The molecule has 0 spiro atoms. The van der Waals surface area contributed by atoms with E-state index in [0.29, 0.717) is 36.6 Å². The van der Waals surface area contributed by atoms with E-state index in [1.165, 1.54) is 0 Å². The second-order valence-electron chi connectivity index (χ2n) is 5.59. The van der Waals surface area contributed by atoms with E-state index in [1.807, 2.05) is 0 Å². The molecule has 0 bridgehead atoms. The molecular weight excluding hydrogens is 337 g/mol. The largest absolute Gasteiger partial charge is 0.354 e. The average Bonchev–Trinajstić information content (AvgIpc) is 2.55. The molecule has 1 aliphatic heterocycles. The van der Waals surface area contributed by atoms with E-state index in [4.69, 9.17) is 28.9 Å². The maximum absolute atomic E-state index is 12.8. The second-order valence-corrected chi connectivity index (χ2v) is 6.38. The van der Waals surface area contributed by atoms with E-state index in [-0.39, 0.29) is 22.9 Å². The predicted molar refractivity (Wildman–Crippen MR) is 91.8 cm³/mol. The fraction of sp³-hybridized carbons (Fsp3) is 0.500. The van der Waals surface area contributed by atoms with Crippen molar-refractivity contribution in [3.63, 3.8) is 0 Å². The third-order valence-electron chi connectivity index (χ3n) is 3.98. The molecule has 3 N–H and O–H groups in total. The Labute approximate surface area is 146 Å². The fourth-order valence-corrected chi connectivity index (χ4v) is 3.14. The Balaban J connectivity index is 2.09. The SMILES string of the molecule is NCCC(=O)NCC1CCCCN1C(=O)c1cccc(Cl)c1Cl. The summed E-state index contributed by atoms with van der Waals surface area (Å²) >= 11 is 12.2. The molecule has 1 heterocycles. The number of rotatable bonds is 5. The molecule has 1 aromatic rings. The number of benzene rings is 1. The van der Waals surface area contributed by atoms with E-state index in [2.05, 4.69) is 5.32 Å². The summed E-state index contributed by atoms with van der Waals surface area (Å²) in [5.41, 5.74) is 5.77. The first-order chi connectivity index (χ1) is 11.0. The van der Waals surface area contributed by atoms with E-state index >= 15 is 0 Å². The van der Waals surface area contributed by atoms with Crippen LogP contribution in [0.5, 0.6) is 0 Å². The molecule has 5 nitrogen and oxygen atoms in total. The van der Waals surface area contributed by atoms with Gasteiger partial charge in [-0.05, 0) is 31.4 Å². The lowest BCUT2D eigenvalue weighted by molar-refractivity contribution is -0.121. The van der Waals surface area contributed by atoms with Crippen molar-refractivity contribution in [1.82, 2.24) is 10.2 Å². The van der Waals surface area contributed by atoms with Gasteiger partial charge in [0.2, 0.25) is 5.91 Å². The number of nitrogens with one attached hydrogen (secondary N) is 1. The Morgan fingerprint density at radius 1 is 1.30 bits per heavy atom. The van der Waals surface area contributed by atoms with E-state index in [0.717, 1.165) is 19.3 Å². The molecule has 1 unspecified atom stereocenters. The molecule has 1 aliphatic rings. The Kier molecular flexibility index (Phi) is 6.69. The van der Waals surface area contributed by atoms with Crippen molar-refractivity contribution in [3.8, 4) is 0 Å². The normalized spacial score (nSPS) is 17.9. The van der Waals surface area contributed by atoms with Gasteiger partial charge < -0.3 is 16.0 Å². The van der Waals surface area contributed by atoms with Crippen LogP contribution in [0.4, 0.5) is 0 Å². The molecule has 2 rings (SSSR count). The van der Waals surface area contributed by atoms with Crippen LogP contribution in [-0.4, -0.2) is 42.4 Å². The molecule has 0 radical (unpaired) electrons. The monoisotopic (exact) mass is 357 g/mol. The molecule has 1 aromatic carbocycles. The number of hydrogen-bond donors (Lipinski definition) is 2. The first-order valence-electron chi connectivity index (χ1n) is 7.76. The van der Waals surface area contributed by atoms with Gasteiger partial charge in [0, 0.05) is 32.1 Å². The molecule has 1 fully saturated rings. The van der Waals surface area contributed by atoms with E-state index in [9.17, 15) is 9.59 Å². The molecule has 0 aliphatic carbocycles. The molecule has 2 amide bonds. The summed E-state index contributed by atoms with van der Waals surface area (Å²) in [6.07, 6.45) is 3.12. The van der Waals surface area contributed by atoms with Crippen molar-refractivity contribution in [2.45, 2.75) is 31.7 Å². The summed E-state index contributed by atoms with van der Waals surface area (Å²) in [6, 6.07) is 5.01. The van der Waals surface area contributed by atoms with Crippen molar-refractivity contribution in [3.05, 3.63) is 33.8 Å². The van der Waals surface area contributed by atoms with Crippen LogP contribution >= 0.6 is 23.2 Å². The van der Waals surface area contributed by atoms with E-state index in [1.54, 1.807) is 23.1 Å². The van der Waals surface area contributed by atoms with Crippen molar-refractivity contribution in [2.24, 2.45) is 5.73 Å². The van der Waals surface area contributed by atoms with Crippen LogP contribution in [0.25, 0.3) is 0 Å². The smallest absolute Gasteiger partial charge is 0.255 e. The van der Waals surface area contributed by atoms with Crippen LogP contribution in [0.1, 0.15) is 36.0 Å². The Morgan fingerprint density at radius 3 is 2.83 bits per heavy atom. The number of nitrogens with two attached hydrogens (primary N) is 1. The van der Waals surface area contributed by atoms with Crippen molar-refractivity contribution >= 4 is 35.0 Å². The van der Waals surface area contributed by atoms with E-state index < -0.39 is 0 Å². The van der Waals surface area contributed by atoms with Crippen LogP contribution < -0.4 is 11.1 Å². The average molecular weight is 358 g/mol. The van der Waals surface area contributed by atoms with Gasteiger partial charge in [0.05, 0.1) is 15.6 Å². The van der Waals surface area contributed by atoms with Crippen LogP contribution in [0.15, 0.2) is 18.2 Å². The molecule has 0 aromatic heterocycles. The highest BCUT2D eigenvalue weighted by Crippen LogP contribution is 2.28. The number of piperidine rings is 1. The van der Waals surface area contributed by atoms with Gasteiger partial charge in [-0.1, -0.05) is 29.3 Å². The Morgan fingerprint density at radius 2 is 2.09 bits per heavy atom. The second kappa shape index (κ2) is 8.52. The van der Waals surface area contributed by atoms with Crippen molar-refractivity contribution < 1.29 is 9.59 Å².